The maximum absolute atomic E-state index is 12.6. The first-order valence-electron chi connectivity index (χ1n) is 19.5. The average molecular weight is 595 g/mol. The zero-order valence-corrected chi connectivity index (χ0v) is 29.3. The molecule has 0 rings (SSSR count). The minimum absolute atomic E-state index is 0.0317. The highest BCUT2D eigenvalue weighted by Gasteiger charge is 2.14. The number of ether oxygens (including phenoxy) is 1. The number of hydrogen-bond acceptors (Lipinski definition) is 3. The molecule has 3 nitrogen and oxygen atoms in total. The van der Waals surface area contributed by atoms with Gasteiger partial charge < -0.3 is 9.84 Å². The summed E-state index contributed by atoms with van der Waals surface area (Å²) in [7, 11) is 0. The molecule has 1 N–H and O–H groups in total. The van der Waals surface area contributed by atoms with E-state index in [-0.39, 0.29) is 18.2 Å². The normalized spacial score (nSPS) is 12.3. The fourth-order valence-electron chi connectivity index (χ4n) is 6.18. The Morgan fingerprint density at radius 1 is 0.429 bits per heavy atom. The molecule has 0 radical (unpaired) electrons. The maximum Gasteiger partial charge on any atom is 0.306 e. The molecule has 0 saturated carbocycles. The van der Waals surface area contributed by atoms with Gasteiger partial charge in [-0.3, -0.25) is 4.79 Å². The number of carbonyl (C=O) groups excluding carboxylic acids is 1. The molecule has 0 aromatic heterocycles. The van der Waals surface area contributed by atoms with Crippen LogP contribution in [0.15, 0.2) is 0 Å². The Balaban J connectivity index is 3.98. The zero-order chi connectivity index (χ0) is 30.8. The molecule has 0 aromatic rings. The van der Waals surface area contributed by atoms with Crippen LogP contribution in [0.5, 0.6) is 0 Å². The summed E-state index contributed by atoms with van der Waals surface area (Å²) in [6, 6.07) is 0. The second-order valence-corrected chi connectivity index (χ2v) is 13.5. The van der Waals surface area contributed by atoms with Crippen molar-refractivity contribution >= 4 is 5.97 Å². The van der Waals surface area contributed by atoms with Crippen LogP contribution in [0.1, 0.15) is 233 Å². The zero-order valence-electron chi connectivity index (χ0n) is 29.3. The van der Waals surface area contributed by atoms with Crippen LogP contribution in [0.4, 0.5) is 0 Å². The lowest BCUT2D eigenvalue weighted by atomic mass is 10.0. The molecule has 0 aliphatic rings. The molecule has 1 atom stereocenters. The highest BCUT2D eigenvalue weighted by atomic mass is 16.5. The van der Waals surface area contributed by atoms with Crippen LogP contribution in [-0.2, 0) is 9.53 Å². The van der Waals surface area contributed by atoms with E-state index in [0.717, 1.165) is 51.4 Å². The first-order valence-corrected chi connectivity index (χ1v) is 19.5. The summed E-state index contributed by atoms with van der Waals surface area (Å²) in [5, 5.41) is 10.3. The van der Waals surface area contributed by atoms with Crippen molar-refractivity contribution in [3.63, 3.8) is 0 Å². The van der Waals surface area contributed by atoms with Gasteiger partial charge in [0.05, 0.1) is 6.10 Å². The van der Waals surface area contributed by atoms with Crippen LogP contribution in [0, 0.1) is 0 Å². The molecule has 252 valence electrons. The quantitative estimate of drug-likeness (QED) is 0.0586. The van der Waals surface area contributed by atoms with Crippen LogP contribution in [0.2, 0.25) is 0 Å². The Morgan fingerprint density at radius 3 is 1.07 bits per heavy atom. The molecule has 0 saturated heterocycles. The summed E-state index contributed by atoms with van der Waals surface area (Å²) in [5.74, 6) is 0.0317. The van der Waals surface area contributed by atoms with E-state index >= 15 is 0 Å². The van der Waals surface area contributed by atoms with Gasteiger partial charge in [-0.15, -0.1) is 0 Å². The fraction of sp³-hybridized carbons (Fsp3) is 0.974. The number of aliphatic hydroxyl groups excluding tert-OH is 1. The molecule has 0 aliphatic carbocycles. The monoisotopic (exact) mass is 595 g/mol. The van der Waals surface area contributed by atoms with E-state index in [0.29, 0.717) is 6.42 Å². The molecular formula is C39H78O3. The summed E-state index contributed by atoms with van der Waals surface area (Å²) in [5.41, 5.74) is 0. The molecular weight excluding hydrogens is 516 g/mol. The Hall–Kier alpha value is -0.570. The first kappa shape index (κ1) is 41.4. The highest BCUT2D eigenvalue weighted by molar-refractivity contribution is 5.69. The largest absolute Gasteiger partial charge is 0.462 e. The SMILES string of the molecule is CCCCCCCCCCC(CCCCCCCCCC)OC(=O)CCCCCCCC(O)CCCCCCCCC. The van der Waals surface area contributed by atoms with Gasteiger partial charge in [0.1, 0.15) is 6.10 Å². The van der Waals surface area contributed by atoms with Gasteiger partial charge in [-0.1, -0.05) is 181 Å². The predicted octanol–water partition coefficient (Wildman–Crippen LogP) is 13.2. The van der Waals surface area contributed by atoms with E-state index in [1.165, 1.54) is 154 Å². The molecule has 0 aromatic carbocycles. The third-order valence-corrected chi connectivity index (χ3v) is 9.12. The average Bonchev–Trinajstić information content (AvgIpc) is 2.98. The molecule has 0 fully saturated rings. The van der Waals surface area contributed by atoms with Crippen LogP contribution in [-0.4, -0.2) is 23.3 Å². The third-order valence-electron chi connectivity index (χ3n) is 9.12. The molecule has 0 heterocycles. The van der Waals surface area contributed by atoms with Gasteiger partial charge in [0, 0.05) is 6.42 Å². The summed E-state index contributed by atoms with van der Waals surface area (Å²) in [4.78, 5) is 12.6. The van der Waals surface area contributed by atoms with Crippen molar-refractivity contribution in [2.24, 2.45) is 0 Å². The smallest absolute Gasteiger partial charge is 0.306 e. The number of carbonyl (C=O) groups is 1. The van der Waals surface area contributed by atoms with Crippen LogP contribution in [0.25, 0.3) is 0 Å². The first-order chi connectivity index (χ1) is 20.6. The molecule has 3 heteroatoms. The third kappa shape index (κ3) is 32.3. The lowest BCUT2D eigenvalue weighted by molar-refractivity contribution is -0.150. The summed E-state index contributed by atoms with van der Waals surface area (Å²) in [6.45, 7) is 6.82. The van der Waals surface area contributed by atoms with Crippen LogP contribution in [0.3, 0.4) is 0 Å². The van der Waals surface area contributed by atoms with Crippen molar-refractivity contribution < 1.29 is 14.6 Å². The predicted molar refractivity (Wildman–Crippen MR) is 185 cm³/mol. The van der Waals surface area contributed by atoms with Gasteiger partial charge in [-0.25, -0.2) is 0 Å². The van der Waals surface area contributed by atoms with Crippen molar-refractivity contribution in [1.29, 1.82) is 0 Å². The lowest BCUT2D eigenvalue weighted by Crippen LogP contribution is -2.18. The van der Waals surface area contributed by atoms with Crippen molar-refractivity contribution in [1.82, 2.24) is 0 Å². The molecule has 42 heavy (non-hydrogen) atoms. The Morgan fingerprint density at radius 2 is 0.714 bits per heavy atom. The second kappa shape index (κ2) is 34.9. The molecule has 0 amide bonds. The van der Waals surface area contributed by atoms with Crippen LogP contribution >= 0.6 is 0 Å². The highest BCUT2D eigenvalue weighted by Crippen LogP contribution is 2.19. The Bertz CT molecular complexity index is 500. The molecule has 0 aliphatic heterocycles. The van der Waals surface area contributed by atoms with E-state index in [1.807, 2.05) is 0 Å². The van der Waals surface area contributed by atoms with Gasteiger partial charge >= 0.3 is 5.97 Å². The summed E-state index contributed by atoms with van der Waals surface area (Å²) in [6.07, 6.45) is 40.5. The van der Waals surface area contributed by atoms with Gasteiger partial charge in [-0.2, -0.15) is 0 Å². The minimum atomic E-state index is -0.116. The number of rotatable bonds is 35. The van der Waals surface area contributed by atoms with Gasteiger partial charge in [-0.05, 0) is 44.9 Å². The number of esters is 1. The van der Waals surface area contributed by atoms with Crippen molar-refractivity contribution in [3.8, 4) is 0 Å². The number of hydrogen-bond donors (Lipinski definition) is 1. The second-order valence-electron chi connectivity index (χ2n) is 13.5. The van der Waals surface area contributed by atoms with Gasteiger partial charge in [0.15, 0.2) is 0 Å². The molecule has 1 unspecified atom stereocenters. The topological polar surface area (TPSA) is 46.5 Å². The summed E-state index contributed by atoms with van der Waals surface area (Å²) < 4.78 is 6.03. The number of aliphatic hydroxyl groups is 1. The van der Waals surface area contributed by atoms with E-state index in [9.17, 15) is 9.90 Å². The number of unbranched alkanes of at least 4 members (excludes halogenated alkanes) is 24. The van der Waals surface area contributed by atoms with Crippen molar-refractivity contribution in [2.75, 3.05) is 0 Å². The van der Waals surface area contributed by atoms with E-state index in [1.54, 1.807) is 0 Å². The fourth-order valence-corrected chi connectivity index (χ4v) is 6.18. The molecule has 0 spiro atoms. The lowest BCUT2D eigenvalue weighted by Gasteiger charge is -2.18. The van der Waals surface area contributed by atoms with Gasteiger partial charge in [0.2, 0.25) is 0 Å². The summed E-state index contributed by atoms with van der Waals surface area (Å²) >= 11 is 0. The molecule has 0 bridgehead atoms. The van der Waals surface area contributed by atoms with Gasteiger partial charge in [0.25, 0.3) is 0 Å². The van der Waals surface area contributed by atoms with Crippen molar-refractivity contribution in [3.05, 3.63) is 0 Å². The van der Waals surface area contributed by atoms with Crippen molar-refractivity contribution in [2.45, 2.75) is 245 Å². The van der Waals surface area contributed by atoms with E-state index in [2.05, 4.69) is 20.8 Å². The van der Waals surface area contributed by atoms with E-state index < -0.39 is 0 Å². The maximum atomic E-state index is 12.6. The minimum Gasteiger partial charge on any atom is -0.462 e. The Kier molecular flexibility index (Phi) is 34.4. The van der Waals surface area contributed by atoms with E-state index in [4.69, 9.17) is 4.74 Å². The van der Waals surface area contributed by atoms with Crippen LogP contribution < -0.4 is 0 Å². The standard InChI is InChI=1S/C39H78O3/c1-4-7-10-13-16-19-24-29-34-38(35-30-25-20-17-14-11-8-5-2)42-39(41)36-31-26-21-23-28-33-37(40)32-27-22-18-15-12-9-6-3/h37-38,40H,4-36H2,1-3H3. The Labute approximate surface area is 265 Å².